The van der Waals surface area contributed by atoms with Crippen molar-refractivity contribution < 1.29 is 5.11 Å². The third kappa shape index (κ3) is 3.15. The van der Waals surface area contributed by atoms with Gasteiger partial charge in [-0.1, -0.05) is 35.9 Å². The van der Waals surface area contributed by atoms with Crippen molar-refractivity contribution in [2.24, 2.45) is 0 Å². The maximum atomic E-state index is 10.0. The first-order valence-electron chi connectivity index (χ1n) is 5.69. The topological polar surface area (TPSA) is 58.3 Å². The average molecular weight is 263 g/mol. The van der Waals surface area contributed by atoms with Gasteiger partial charge < -0.3 is 16.2 Å². The van der Waals surface area contributed by atoms with E-state index in [4.69, 9.17) is 17.3 Å². The van der Waals surface area contributed by atoms with Crippen LogP contribution < -0.4 is 11.1 Å². The second-order valence-electron chi connectivity index (χ2n) is 4.04. The molecule has 0 saturated carbocycles. The molecule has 0 bridgehead atoms. The molecule has 0 spiro atoms. The van der Waals surface area contributed by atoms with Crippen LogP contribution in [0, 0.1) is 0 Å². The van der Waals surface area contributed by atoms with Crippen molar-refractivity contribution >= 4 is 23.0 Å². The van der Waals surface area contributed by atoms with Gasteiger partial charge in [0.15, 0.2) is 0 Å². The number of nitrogens with two attached hydrogens (primary N) is 1. The van der Waals surface area contributed by atoms with Gasteiger partial charge >= 0.3 is 0 Å². The molecule has 94 valence electrons. The Morgan fingerprint density at radius 3 is 2.56 bits per heavy atom. The maximum Gasteiger partial charge on any atom is 0.0963 e. The molecule has 1 atom stereocenters. The number of hydrogen-bond donors (Lipinski definition) is 3. The Hall–Kier alpha value is -1.71. The Kier molecular flexibility index (Phi) is 4.07. The van der Waals surface area contributed by atoms with Crippen LogP contribution in [0.1, 0.15) is 11.7 Å². The minimum atomic E-state index is -0.621. The van der Waals surface area contributed by atoms with Crippen LogP contribution in [0.15, 0.2) is 48.5 Å². The van der Waals surface area contributed by atoms with E-state index < -0.39 is 6.10 Å². The largest absolute Gasteiger partial charge is 0.398 e. The van der Waals surface area contributed by atoms with E-state index in [0.717, 1.165) is 11.3 Å². The molecule has 2 aromatic rings. The molecule has 0 heterocycles. The zero-order chi connectivity index (χ0) is 13.0. The van der Waals surface area contributed by atoms with Gasteiger partial charge in [-0.05, 0) is 29.8 Å². The van der Waals surface area contributed by atoms with Gasteiger partial charge in [-0.2, -0.15) is 0 Å². The van der Waals surface area contributed by atoms with E-state index in [1.807, 2.05) is 30.3 Å². The first-order chi connectivity index (χ1) is 8.66. The number of nitrogens with one attached hydrogen (secondary N) is 1. The lowest BCUT2D eigenvalue weighted by Gasteiger charge is -2.14. The number of aliphatic hydroxyl groups excluding tert-OH is 1. The number of hydrogen-bond acceptors (Lipinski definition) is 3. The van der Waals surface area contributed by atoms with Crippen LogP contribution in [-0.4, -0.2) is 11.7 Å². The number of para-hydroxylation sites is 1. The molecular formula is C14H15ClN2O. The summed E-state index contributed by atoms with van der Waals surface area (Å²) >= 11 is 5.84. The van der Waals surface area contributed by atoms with E-state index in [-0.39, 0.29) is 0 Å². The number of nitrogen functional groups attached to an aromatic ring is 1. The Bertz CT molecular complexity index is 516. The molecule has 0 amide bonds. The van der Waals surface area contributed by atoms with Crippen molar-refractivity contribution in [3.05, 3.63) is 59.1 Å². The second-order valence-corrected chi connectivity index (χ2v) is 4.45. The van der Waals surface area contributed by atoms with Crippen LogP contribution in [0.25, 0.3) is 0 Å². The molecule has 0 saturated heterocycles. The molecule has 2 rings (SSSR count). The number of benzene rings is 2. The fourth-order valence-corrected chi connectivity index (χ4v) is 1.78. The van der Waals surface area contributed by atoms with Crippen LogP contribution in [0.2, 0.25) is 5.02 Å². The fraction of sp³-hybridized carbons (Fsp3) is 0.143. The molecule has 4 N–H and O–H groups in total. The summed E-state index contributed by atoms with van der Waals surface area (Å²) in [5.41, 5.74) is 7.90. The molecule has 4 heteroatoms. The van der Waals surface area contributed by atoms with Crippen LogP contribution in [0.3, 0.4) is 0 Å². The van der Waals surface area contributed by atoms with Gasteiger partial charge in [0.2, 0.25) is 0 Å². The highest BCUT2D eigenvalue weighted by Crippen LogP contribution is 2.23. The van der Waals surface area contributed by atoms with Gasteiger partial charge in [-0.25, -0.2) is 0 Å². The van der Waals surface area contributed by atoms with E-state index in [1.165, 1.54) is 0 Å². The minimum Gasteiger partial charge on any atom is -0.398 e. The zero-order valence-electron chi connectivity index (χ0n) is 9.81. The highest BCUT2D eigenvalue weighted by atomic mass is 35.5. The summed E-state index contributed by atoms with van der Waals surface area (Å²) in [6.07, 6.45) is -0.621. The maximum absolute atomic E-state index is 10.0. The smallest absolute Gasteiger partial charge is 0.0963 e. The van der Waals surface area contributed by atoms with E-state index in [2.05, 4.69) is 5.32 Å². The van der Waals surface area contributed by atoms with Crippen molar-refractivity contribution in [1.29, 1.82) is 0 Å². The first kappa shape index (κ1) is 12.7. The van der Waals surface area contributed by atoms with E-state index in [9.17, 15) is 5.11 Å². The molecule has 18 heavy (non-hydrogen) atoms. The summed E-state index contributed by atoms with van der Waals surface area (Å²) in [6.45, 7) is 0.422. The number of rotatable bonds is 4. The Morgan fingerprint density at radius 2 is 1.89 bits per heavy atom. The van der Waals surface area contributed by atoms with Crippen molar-refractivity contribution in [1.82, 2.24) is 0 Å². The Balaban J connectivity index is 1.99. The quantitative estimate of drug-likeness (QED) is 0.742. The second kappa shape index (κ2) is 5.76. The summed E-state index contributed by atoms with van der Waals surface area (Å²) < 4.78 is 0. The lowest BCUT2D eigenvalue weighted by molar-refractivity contribution is 0.191. The van der Waals surface area contributed by atoms with Gasteiger partial charge in [0.1, 0.15) is 0 Å². The monoisotopic (exact) mass is 262 g/mol. The minimum absolute atomic E-state index is 0.422. The molecule has 0 aliphatic heterocycles. The summed E-state index contributed by atoms with van der Waals surface area (Å²) in [5.74, 6) is 0. The number of anilines is 2. The summed E-state index contributed by atoms with van der Waals surface area (Å²) in [5, 5.41) is 13.7. The third-order valence-electron chi connectivity index (χ3n) is 2.68. The van der Waals surface area contributed by atoms with Gasteiger partial charge in [-0.3, -0.25) is 0 Å². The lowest BCUT2D eigenvalue weighted by Crippen LogP contribution is -2.12. The highest BCUT2D eigenvalue weighted by Gasteiger charge is 2.08. The standard InChI is InChI=1S/C14H15ClN2O/c15-12-7-6-10(8-13(12)16)14(18)9-17-11-4-2-1-3-5-11/h1-8,14,17-18H,9,16H2. The summed E-state index contributed by atoms with van der Waals surface area (Å²) in [6, 6.07) is 14.9. The van der Waals surface area contributed by atoms with Gasteiger partial charge in [0, 0.05) is 12.2 Å². The van der Waals surface area contributed by atoms with E-state index >= 15 is 0 Å². The van der Waals surface area contributed by atoms with Gasteiger partial charge in [0.25, 0.3) is 0 Å². The molecule has 0 fully saturated rings. The van der Waals surface area contributed by atoms with Crippen LogP contribution in [0.4, 0.5) is 11.4 Å². The highest BCUT2D eigenvalue weighted by molar-refractivity contribution is 6.33. The SMILES string of the molecule is Nc1cc(C(O)CNc2ccccc2)ccc1Cl. The molecule has 0 radical (unpaired) electrons. The fourth-order valence-electron chi connectivity index (χ4n) is 1.66. The van der Waals surface area contributed by atoms with Crippen molar-refractivity contribution in [2.45, 2.75) is 6.10 Å². The zero-order valence-corrected chi connectivity index (χ0v) is 10.6. The van der Waals surface area contributed by atoms with Crippen molar-refractivity contribution in [3.63, 3.8) is 0 Å². The van der Waals surface area contributed by atoms with Crippen molar-refractivity contribution in [3.8, 4) is 0 Å². The average Bonchev–Trinajstić information content (AvgIpc) is 2.40. The normalized spacial score (nSPS) is 12.1. The molecule has 0 aliphatic rings. The lowest BCUT2D eigenvalue weighted by atomic mass is 10.1. The first-order valence-corrected chi connectivity index (χ1v) is 6.06. The molecule has 2 aromatic carbocycles. The van der Waals surface area contributed by atoms with Crippen LogP contribution >= 0.6 is 11.6 Å². The molecule has 0 aliphatic carbocycles. The Labute approximate surface area is 111 Å². The van der Waals surface area contributed by atoms with Crippen molar-refractivity contribution in [2.75, 3.05) is 17.6 Å². The Morgan fingerprint density at radius 1 is 1.17 bits per heavy atom. The summed E-state index contributed by atoms with van der Waals surface area (Å²) in [4.78, 5) is 0. The van der Waals surface area contributed by atoms with Crippen LogP contribution in [0.5, 0.6) is 0 Å². The van der Waals surface area contributed by atoms with Gasteiger partial charge in [0.05, 0.1) is 16.8 Å². The molecular weight excluding hydrogens is 248 g/mol. The predicted octanol–water partition coefficient (Wildman–Crippen LogP) is 3.07. The molecule has 0 aromatic heterocycles. The number of aliphatic hydroxyl groups is 1. The number of halogens is 1. The van der Waals surface area contributed by atoms with Gasteiger partial charge in [-0.15, -0.1) is 0 Å². The van der Waals surface area contributed by atoms with E-state index in [0.29, 0.717) is 17.3 Å². The predicted molar refractivity (Wildman–Crippen MR) is 75.8 cm³/mol. The van der Waals surface area contributed by atoms with Crippen LogP contribution in [-0.2, 0) is 0 Å². The molecule has 1 unspecified atom stereocenters. The third-order valence-corrected chi connectivity index (χ3v) is 3.02. The van der Waals surface area contributed by atoms with E-state index in [1.54, 1.807) is 18.2 Å². The molecule has 3 nitrogen and oxygen atoms in total. The summed E-state index contributed by atoms with van der Waals surface area (Å²) in [7, 11) is 0.